The van der Waals surface area contributed by atoms with E-state index in [1.807, 2.05) is 41.6 Å². The first-order valence-electron chi connectivity index (χ1n) is 14.3. The van der Waals surface area contributed by atoms with Crippen LogP contribution in [-0.2, 0) is 4.79 Å². The number of fused-ring (bicyclic) bond motifs is 2. The molecule has 5 heterocycles. The molecule has 0 saturated carbocycles. The summed E-state index contributed by atoms with van der Waals surface area (Å²) in [6, 6.07) is 9.26. The molecule has 0 bridgehead atoms. The molecule has 2 saturated heterocycles. The number of carbonyl (C=O) groups is 1. The number of nitrogens with zero attached hydrogens (tertiary/aromatic N) is 7. The van der Waals surface area contributed by atoms with Crippen LogP contribution in [0.1, 0.15) is 18.4 Å². The quantitative estimate of drug-likeness (QED) is 0.203. The van der Waals surface area contributed by atoms with Gasteiger partial charge in [-0.15, -0.1) is 11.3 Å². The summed E-state index contributed by atoms with van der Waals surface area (Å²) in [4.78, 5) is 30.4. The molecule has 2 atom stereocenters. The lowest BCUT2D eigenvalue weighted by Gasteiger charge is -2.40. The summed E-state index contributed by atoms with van der Waals surface area (Å²) < 4.78 is 37.5. The number of aromatic nitrogens is 2. The van der Waals surface area contributed by atoms with Gasteiger partial charge in [0.05, 0.1) is 5.69 Å². The van der Waals surface area contributed by atoms with Crippen LogP contribution in [0.15, 0.2) is 48.2 Å². The van der Waals surface area contributed by atoms with Crippen LogP contribution in [0.3, 0.4) is 0 Å². The summed E-state index contributed by atoms with van der Waals surface area (Å²) in [6.07, 6.45) is 3.48. The minimum atomic E-state index is -1.10. The zero-order chi connectivity index (χ0) is 31.0. The van der Waals surface area contributed by atoms with Gasteiger partial charge in [0.2, 0.25) is 12.4 Å². The maximum absolute atomic E-state index is 16.6. The van der Waals surface area contributed by atoms with Crippen molar-refractivity contribution in [2.75, 3.05) is 51.3 Å². The van der Waals surface area contributed by atoms with E-state index in [-0.39, 0.29) is 61.5 Å². The number of hydrogen-bond donors (Lipinski definition) is 0. The number of hydrogen-bond acceptors (Lipinski definition) is 8. The molecule has 2 fully saturated rings. The average molecular weight is 614 g/mol. The number of piperazine rings is 1. The van der Waals surface area contributed by atoms with Crippen molar-refractivity contribution in [3.8, 4) is 23.2 Å². The summed E-state index contributed by atoms with van der Waals surface area (Å²) >= 11 is 1.49. The molecule has 224 valence electrons. The first-order chi connectivity index (χ1) is 21.3. The molecule has 2 aliphatic rings. The largest absolute Gasteiger partial charge is 0.475 e. The van der Waals surface area contributed by atoms with E-state index in [4.69, 9.17) is 11.3 Å². The number of carbonyl (C=O) groups excluding carboxylic acids is 1. The van der Waals surface area contributed by atoms with Gasteiger partial charge in [0, 0.05) is 47.5 Å². The summed E-state index contributed by atoms with van der Waals surface area (Å²) in [5.74, 6) is -2.61. The highest BCUT2D eigenvalue weighted by Crippen LogP contribution is 2.40. The maximum atomic E-state index is 16.6. The zero-order valence-corrected chi connectivity index (χ0v) is 24.9. The normalized spacial score (nSPS) is 18.8. The van der Waals surface area contributed by atoms with Crippen molar-refractivity contribution >= 4 is 43.9 Å². The van der Waals surface area contributed by atoms with Crippen LogP contribution < -0.4 is 9.64 Å². The average Bonchev–Trinajstić information content (AvgIpc) is 3.68. The second kappa shape index (κ2) is 12.2. The van der Waals surface area contributed by atoms with Crippen molar-refractivity contribution in [2.24, 2.45) is 0 Å². The molecule has 1 amide bonds. The van der Waals surface area contributed by atoms with E-state index in [0.717, 1.165) is 29.5 Å². The minimum absolute atomic E-state index is 0.00436. The van der Waals surface area contributed by atoms with Crippen LogP contribution in [0.2, 0.25) is 0 Å². The van der Waals surface area contributed by atoms with Crippen molar-refractivity contribution < 1.29 is 18.3 Å². The fourth-order valence-electron chi connectivity index (χ4n) is 6.16. The van der Waals surface area contributed by atoms with Gasteiger partial charge in [-0.05, 0) is 43.3 Å². The van der Waals surface area contributed by atoms with E-state index < -0.39 is 23.6 Å². The summed E-state index contributed by atoms with van der Waals surface area (Å²) in [5, 5.41) is 13.6. The third-order valence-electron chi connectivity index (χ3n) is 8.44. The number of nitriles is 1. The van der Waals surface area contributed by atoms with Gasteiger partial charge in [-0.1, -0.05) is 24.8 Å². The summed E-state index contributed by atoms with van der Waals surface area (Å²) in [7, 11) is 2.01. The third kappa shape index (κ3) is 5.21. The summed E-state index contributed by atoms with van der Waals surface area (Å²) in [5.41, 5.74) is 1.25. The standard InChI is InChI=1S/C32H29F2N7O2S/c1-19(33)32(42)41-12-11-40(17-22(41)15-36-2)29-24(14-35)31(43-18-21-7-5-10-39(21)3)38-28-25(29)16-37-27(26(28)34)23-8-4-6-20-9-13-44-30(20)23/h4,6,8-9,13,16,21-22H,1,5,7,10-12,15,17-18H2,3H3/t21-,22-/m0/s1. The van der Waals surface area contributed by atoms with Crippen LogP contribution in [-0.4, -0.2) is 84.1 Å². The van der Waals surface area contributed by atoms with Crippen LogP contribution in [0.4, 0.5) is 14.5 Å². The third-order valence-corrected chi connectivity index (χ3v) is 9.40. The number of amides is 1. The Bertz CT molecular complexity index is 1860. The predicted octanol–water partition coefficient (Wildman–Crippen LogP) is 5.41. The molecule has 6 rings (SSSR count). The lowest BCUT2D eigenvalue weighted by atomic mass is 10.0. The zero-order valence-electron chi connectivity index (χ0n) is 24.1. The molecule has 0 unspecified atom stereocenters. The first-order valence-corrected chi connectivity index (χ1v) is 15.2. The first kappa shape index (κ1) is 29.4. The number of likely N-dealkylation sites (N-methyl/N-ethyl adjacent to an activating group) is 1. The topological polar surface area (TPSA) is 90.0 Å². The van der Waals surface area contributed by atoms with E-state index in [9.17, 15) is 14.4 Å². The molecule has 0 spiro atoms. The Hall–Kier alpha value is -4.65. The second-order valence-electron chi connectivity index (χ2n) is 11.0. The van der Waals surface area contributed by atoms with E-state index in [1.165, 1.54) is 22.4 Å². The lowest BCUT2D eigenvalue weighted by Crippen LogP contribution is -2.56. The minimum Gasteiger partial charge on any atom is -0.475 e. The van der Waals surface area contributed by atoms with Gasteiger partial charge >= 0.3 is 0 Å². The number of halogens is 2. The number of rotatable bonds is 7. The van der Waals surface area contributed by atoms with Gasteiger partial charge in [-0.3, -0.25) is 9.78 Å². The molecule has 44 heavy (non-hydrogen) atoms. The van der Waals surface area contributed by atoms with Crippen LogP contribution in [0.5, 0.6) is 5.88 Å². The molecule has 1 aromatic carbocycles. The highest BCUT2D eigenvalue weighted by Gasteiger charge is 2.36. The molecule has 0 N–H and O–H groups in total. The highest BCUT2D eigenvalue weighted by molar-refractivity contribution is 7.17. The van der Waals surface area contributed by atoms with E-state index >= 15 is 4.39 Å². The molecule has 2 aliphatic heterocycles. The molecular formula is C32H29F2N7O2S. The number of ether oxygens (including phenoxy) is 1. The van der Waals surface area contributed by atoms with Gasteiger partial charge in [0.1, 0.15) is 35.5 Å². The molecular weight excluding hydrogens is 584 g/mol. The van der Waals surface area contributed by atoms with Crippen molar-refractivity contribution in [3.63, 3.8) is 0 Å². The fourth-order valence-corrected chi connectivity index (χ4v) is 7.08. The smallest absolute Gasteiger partial charge is 0.282 e. The molecule has 9 nitrogen and oxygen atoms in total. The number of pyridine rings is 2. The van der Waals surface area contributed by atoms with Crippen molar-refractivity contribution in [3.05, 3.63) is 71.0 Å². The van der Waals surface area contributed by atoms with Crippen LogP contribution >= 0.6 is 11.3 Å². The van der Waals surface area contributed by atoms with Gasteiger partial charge in [0.15, 0.2) is 11.6 Å². The Balaban J connectivity index is 1.50. The van der Waals surface area contributed by atoms with Gasteiger partial charge in [-0.25, -0.2) is 20.3 Å². The number of thiophene rings is 1. The molecule has 12 heteroatoms. The number of anilines is 1. The molecule has 0 aliphatic carbocycles. The molecule has 3 aromatic heterocycles. The number of likely N-dealkylation sites (tertiary alicyclic amines) is 1. The Kier molecular flexibility index (Phi) is 8.13. The monoisotopic (exact) mass is 613 g/mol. The Labute approximate surface area is 257 Å². The van der Waals surface area contributed by atoms with Gasteiger partial charge in [-0.2, -0.15) is 5.26 Å². The molecule has 4 aromatic rings. The van der Waals surface area contributed by atoms with E-state index in [2.05, 4.69) is 32.4 Å². The highest BCUT2D eigenvalue weighted by atomic mass is 32.1. The van der Waals surface area contributed by atoms with Gasteiger partial charge < -0.3 is 24.3 Å². The Morgan fingerprint density at radius 1 is 1.30 bits per heavy atom. The Morgan fingerprint density at radius 3 is 2.86 bits per heavy atom. The van der Waals surface area contributed by atoms with Crippen LogP contribution in [0.25, 0.3) is 37.1 Å². The SMILES string of the molecule is [C-]#[N+]C[C@H]1CN(c2c(C#N)c(OC[C@@H]3CCCN3C)nc3c(F)c(-c4cccc5ccsc45)ncc23)CCN1C(=O)C(=C)F. The van der Waals surface area contributed by atoms with E-state index in [1.54, 1.807) is 0 Å². The van der Waals surface area contributed by atoms with E-state index in [0.29, 0.717) is 16.6 Å². The van der Waals surface area contributed by atoms with Crippen molar-refractivity contribution in [1.82, 2.24) is 19.8 Å². The van der Waals surface area contributed by atoms with Crippen molar-refractivity contribution in [1.29, 1.82) is 5.26 Å². The fraction of sp³-hybridized carbons (Fsp3) is 0.344. The number of benzene rings is 1. The van der Waals surface area contributed by atoms with Crippen molar-refractivity contribution in [2.45, 2.75) is 24.9 Å². The van der Waals surface area contributed by atoms with Crippen LogP contribution in [0, 0.1) is 23.7 Å². The second-order valence-corrected chi connectivity index (χ2v) is 11.9. The summed E-state index contributed by atoms with van der Waals surface area (Å²) in [6.45, 7) is 12.1. The Morgan fingerprint density at radius 2 is 2.14 bits per heavy atom. The molecule has 0 radical (unpaired) electrons. The maximum Gasteiger partial charge on any atom is 0.282 e. The lowest BCUT2D eigenvalue weighted by molar-refractivity contribution is -0.131. The van der Waals surface area contributed by atoms with Gasteiger partial charge in [0.25, 0.3) is 5.91 Å². The predicted molar refractivity (Wildman–Crippen MR) is 166 cm³/mol.